The second-order valence-corrected chi connectivity index (χ2v) is 4.77. The summed E-state index contributed by atoms with van der Waals surface area (Å²) in [6, 6.07) is 0. The third-order valence-electron chi connectivity index (χ3n) is 2.45. The lowest BCUT2D eigenvalue weighted by atomic mass is 10.3. The second kappa shape index (κ2) is 5.56. The van der Waals surface area contributed by atoms with Crippen molar-refractivity contribution in [3.63, 3.8) is 0 Å². The molecule has 14 heavy (non-hydrogen) atoms. The number of rotatable bonds is 5. The fourth-order valence-electron chi connectivity index (χ4n) is 1.67. The minimum atomic E-state index is 0.0383. The van der Waals surface area contributed by atoms with Crippen LogP contribution in [-0.2, 0) is 4.79 Å². The Kier molecular flexibility index (Phi) is 4.69. The Balaban J connectivity index is 2.10. The van der Waals surface area contributed by atoms with E-state index in [-0.39, 0.29) is 11.3 Å². The standard InChI is InChI=1S/C10H19ClN2O/c1-12(2)5-3-4-6-13-8-9(11)7-10(13)14/h9H,3-8H2,1-2H3. The largest absolute Gasteiger partial charge is 0.341 e. The fourth-order valence-corrected chi connectivity index (χ4v) is 1.97. The first-order chi connectivity index (χ1) is 6.59. The molecule has 0 aromatic rings. The predicted octanol–water partition coefficient (Wildman–Crippen LogP) is 1.17. The Bertz CT molecular complexity index is 197. The van der Waals surface area contributed by atoms with Crippen molar-refractivity contribution in [1.29, 1.82) is 0 Å². The van der Waals surface area contributed by atoms with Gasteiger partial charge in [0.05, 0.1) is 5.38 Å². The molecule has 4 heteroatoms. The smallest absolute Gasteiger partial charge is 0.224 e. The monoisotopic (exact) mass is 218 g/mol. The van der Waals surface area contributed by atoms with Crippen molar-refractivity contribution < 1.29 is 4.79 Å². The lowest BCUT2D eigenvalue weighted by molar-refractivity contribution is -0.127. The predicted molar refractivity (Wildman–Crippen MR) is 58.6 cm³/mol. The highest BCUT2D eigenvalue weighted by Gasteiger charge is 2.26. The van der Waals surface area contributed by atoms with Crippen molar-refractivity contribution in [2.24, 2.45) is 0 Å². The molecular formula is C10H19ClN2O. The van der Waals surface area contributed by atoms with Gasteiger partial charge in [0.15, 0.2) is 0 Å². The highest BCUT2D eigenvalue weighted by molar-refractivity contribution is 6.22. The number of unbranched alkanes of at least 4 members (excludes halogenated alkanes) is 1. The lowest BCUT2D eigenvalue weighted by Gasteiger charge is -2.16. The number of hydrogen-bond acceptors (Lipinski definition) is 2. The zero-order valence-electron chi connectivity index (χ0n) is 9.00. The van der Waals surface area contributed by atoms with E-state index in [0.29, 0.717) is 6.42 Å². The summed E-state index contributed by atoms with van der Waals surface area (Å²) < 4.78 is 0. The maximum atomic E-state index is 11.3. The van der Waals surface area contributed by atoms with Gasteiger partial charge in [-0.3, -0.25) is 4.79 Å². The highest BCUT2D eigenvalue weighted by Crippen LogP contribution is 2.16. The van der Waals surface area contributed by atoms with E-state index in [1.54, 1.807) is 0 Å². The van der Waals surface area contributed by atoms with Crippen LogP contribution in [0.15, 0.2) is 0 Å². The van der Waals surface area contributed by atoms with Crippen molar-refractivity contribution in [2.75, 3.05) is 33.7 Å². The summed E-state index contributed by atoms with van der Waals surface area (Å²) in [6.45, 7) is 2.70. The Morgan fingerprint density at radius 2 is 2.21 bits per heavy atom. The van der Waals surface area contributed by atoms with E-state index < -0.39 is 0 Å². The first-order valence-corrected chi connectivity index (χ1v) is 5.60. The number of alkyl halides is 1. The van der Waals surface area contributed by atoms with Crippen LogP contribution in [0.4, 0.5) is 0 Å². The molecule has 1 saturated heterocycles. The van der Waals surface area contributed by atoms with Gasteiger partial charge in [0.25, 0.3) is 0 Å². The molecule has 0 radical (unpaired) electrons. The van der Waals surface area contributed by atoms with Crippen LogP contribution in [0.3, 0.4) is 0 Å². The van der Waals surface area contributed by atoms with E-state index in [4.69, 9.17) is 11.6 Å². The average Bonchev–Trinajstić information content (AvgIpc) is 2.39. The Morgan fingerprint density at radius 1 is 1.50 bits per heavy atom. The molecule has 1 fully saturated rings. The van der Waals surface area contributed by atoms with Gasteiger partial charge in [-0.2, -0.15) is 0 Å². The van der Waals surface area contributed by atoms with Crippen LogP contribution in [-0.4, -0.2) is 54.8 Å². The number of amides is 1. The normalized spacial score (nSPS) is 22.4. The Labute approximate surface area is 91.0 Å². The summed E-state index contributed by atoms with van der Waals surface area (Å²) in [7, 11) is 4.13. The summed E-state index contributed by atoms with van der Waals surface area (Å²) in [5.74, 6) is 0.217. The van der Waals surface area contributed by atoms with Gasteiger partial charge in [0.1, 0.15) is 0 Å². The van der Waals surface area contributed by atoms with Crippen LogP contribution in [0.2, 0.25) is 0 Å². The number of nitrogens with zero attached hydrogens (tertiary/aromatic N) is 2. The molecule has 0 N–H and O–H groups in total. The van der Waals surface area contributed by atoms with Gasteiger partial charge in [0, 0.05) is 19.5 Å². The summed E-state index contributed by atoms with van der Waals surface area (Å²) in [6.07, 6.45) is 2.74. The molecule has 1 aliphatic rings. The second-order valence-electron chi connectivity index (χ2n) is 4.15. The molecule has 1 heterocycles. The minimum Gasteiger partial charge on any atom is -0.341 e. The SMILES string of the molecule is CN(C)CCCCN1CC(Cl)CC1=O. The highest BCUT2D eigenvalue weighted by atomic mass is 35.5. The molecule has 0 aliphatic carbocycles. The van der Waals surface area contributed by atoms with Gasteiger partial charge < -0.3 is 9.80 Å². The maximum absolute atomic E-state index is 11.3. The molecule has 82 valence electrons. The maximum Gasteiger partial charge on any atom is 0.224 e. The van der Waals surface area contributed by atoms with E-state index in [2.05, 4.69) is 19.0 Å². The molecule has 3 nitrogen and oxygen atoms in total. The molecular weight excluding hydrogens is 200 g/mol. The Morgan fingerprint density at radius 3 is 2.71 bits per heavy atom. The van der Waals surface area contributed by atoms with Crippen molar-refractivity contribution in [2.45, 2.75) is 24.6 Å². The average molecular weight is 219 g/mol. The number of halogens is 1. The number of carbonyl (C=O) groups is 1. The fraction of sp³-hybridized carbons (Fsp3) is 0.900. The van der Waals surface area contributed by atoms with Crippen LogP contribution >= 0.6 is 11.6 Å². The van der Waals surface area contributed by atoms with Crippen LogP contribution < -0.4 is 0 Å². The molecule has 1 rings (SSSR count). The van der Waals surface area contributed by atoms with Gasteiger partial charge in [-0.25, -0.2) is 0 Å². The van der Waals surface area contributed by atoms with Gasteiger partial charge in [-0.1, -0.05) is 0 Å². The van der Waals surface area contributed by atoms with E-state index in [9.17, 15) is 4.79 Å². The molecule has 1 aliphatic heterocycles. The molecule has 1 amide bonds. The van der Waals surface area contributed by atoms with E-state index in [1.165, 1.54) is 0 Å². The van der Waals surface area contributed by atoms with Gasteiger partial charge in [0.2, 0.25) is 5.91 Å². The summed E-state index contributed by atoms with van der Waals surface area (Å²) in [5, 5.41) is 0.0383. The zero-order valence-corrected chi connectivity index (χ0v) is 9.76. The molecule has 0 bridgehead atoms. The summed E-state index contributed by atoms with van der Waals surface area (Å²) >= 11 is 5.89. The first kappa shape index (κ1) is 11.8. The topological polar surface area (TPSA) is 23.6 Å². The van der Waals surface area contributed by atoms with E-state index >= 15 is 0 Å². The summed E-state index contributed by atoms with van der Waals surface area (Å²) in [4.78, 5) is 15.4. The molecule has 1 unspecified atom stereocenters. The molecule has 0 aromatic heterocycles. The molecule has 1 atom stereocenters. The van der Waals surface area contributed by atoms with Crippen LogP contribution in [0.5, 0.6) is 0 Å². The quantitative estimate of drug-likeness (QED) is 0.511. The lowest BCUT2D eigenvalue weighted by Crippen LogP contribution is -2.27. The van der Waals surface area contributed by atoms with Gasteiger partial charge in [-0.15, -0.1) is 11.6 Å². The van der Waals surface area contributed by atoms with Crippen molar-refractivity contribution in [1.82, 2.24) is 9.80 Å². The number of carbonyl (C=O) groups excluding carboxylic acids is 1. The van der Waals surface area contributed by atoms with Crippen molar-refractivity contribution in [3.05, 3.63) is 0 Å². The van der Waals surface area contributed by atoms with Crippen LogP contribution in [0, 0.1) is 0 Å². The van der Waals surface area contributed by atoms with Gasteiger partial charge in [-0.05, 0) is 33.5 Å². The Hall–Kier alpha value is -0.280. The molecule has 0 aromatic carbocycles. The zero-order chi connectivity index (χ0) is 10.6. The molecule has 0 spiro atoms. The minimum absolute atomic E-state index is 0.0383. The molecule has 0 saturated carbocycles. The van der Waals surface area contributed by atoms with Crippen LogP contribution in [0.1, 0.15) is 19.3 Å². The van der Waals surface area contributed by atoms with E-state index in [1.807, 2.05) is 4.90 Å². The summed E-state index contributed by atoms with van der Waals surface area (Å²) in [5.41, 5.74) is 0. The first-order valence-electron chi connectivity index (χ1n) is 5.16. The van der Waals surface area contributed by atoms with Crippen molar-refractivity contribution >= 4 is 17.5 Å². The van der Waals surface area contributed by atoms with Crippen molar-refractivity contribution in [3.8, 4) is 0 Å². The van der Waals surface area contributed by atoms with E-state index in [0.717, 1.165) is 32.5 Å². The third-order valence-corrected chi connectivity index (χ3v) is 2.74. The number of likely N-dealkylation sites (tertiary alicyclic amines) is 1. The number of hydrogen-bond donors (Lipinski definition) is 0. The van der Waals surface area contributed by atoms with Gasteiger partial charge >= 0.3 is 0 Å². The third kappa shape index (κ3) is 3.84. The van der Waals surface area contributed by atoms with Crippen LogP contribution in [0.25, 0.3) is 0 Å².